The number of amides is 1. The lowest BCUT2D eigenvalue weighted by molar-refractivity contribution is -0.115. The van der Waals surface area contributed by atoms with E-state index in [0.29, 0.717) is 10.9 Å². The molecule has 3 nitrogen and oxygen atoms in total. The van der Waals surface area contributed by atoms with Crippen molar-refractivity contribution in [1.29, 1.82) is 0 Å². The zero-order valence-corrected chi connectivity index (χ0v) is 11.5. The Bertz CT molecular complexity index is 370. The van der Waals surface area contributed by atoms with Gasteiger partial charge in [0.2, 0.25) is 5.91 Å². The lowest BCUT2D eigenvalue weighted by Crippen LogP contribution is -2.29. The van der Waals surface area contributed by atoms with Crippen LogP contribution in [-0.4, -0.2) is 30.5 Å². The minimum atomic E-state index is -0.308. The molecule has 0 spiro atoms. The van der Waals surface area contributed by atoms with Crippen LogP contribution in [0.25, 0.3) is 0 Å². The maximum Gasteiger partial charge on any atom is 0.238 e. The van der Waals surface area contributed by atoms with E-state index in [4.69, 9.17) is 0 Å². The number of anilines is 1. The third-order valence-corrected chi connectivity index (χ3v) is 3.58. The third kappa shape index (κ3) is 6.02. The fourth-order valence-corrected chi connectivity index (χ4v) is 1.72. The van der Waals surface area contributed by atoms with Crippen molar-refractivity contribution in [3.05, 3.63) is 30.1 Å². The summed E-state index contributed by atoms with van der Waals surface area (Å²) in [5.74, 6) is -0.421. The molecule has 0 aliphatic rings. The van der Waals surface area contributed by atoms with Crippen LogP contribution in [0.3, 0.4) is 0 Å². The highest BCUT2D eigenvalue weighted by molar-refractivity contribution is 7.99. The largest absolute Gasteiger partial charge is 0.325 e. The number of benzene rings is 1. The van der Waals surface area contributed by atoms with Crippen LogP contribution in [0.15, 0.2) is 24.3 Å². The Kier molecular flexibility index (Phi) is 6.75. The van der Waals surface area contributed by atoms with E-state index in [1.165, 1.54) is 12.1 Å². The molecule has 0 saturated heterocycles. The standard InChI is InChI=1S/C13H19FN2OS/c1-10(18-2)7-8-15-9-13(17)16-12-5-3-11(14)4-6-12/h3-6,10,15H,7-9H2,1-2H3,(H,16,17). The average molecular weight is 270 g/mol. The van der Waals surface area contributed by atoms with E-state index in [0.717, 1.165) is 13.0 Å². The average Bonchev–Trinajstić information content (AvgIpc) is 2.37. The van der Waals surface area contributed by atoms with Crippen molar-refractivity contribution in [2.45, 2.75) is 18.6 Å². The van der Waals surface area contributed by atoms with Crippen LogP contribution in [0.4, 0.5) is 10.1 Å². The van der Waals surface area contributed by atoms with Crippen LogP contribution in [0.2, 0.25) is 0 Å². The molecule has 2 N–H and O–H groups in total. The molecule has 0 bridgehead atoms. The highest BCUT2D eigenvalue weighted by Gasteiger charge is 2.03. The van der Waals surface area contributed by atoms with E-state index in [2.05, 4.69) is 23.8 Å². The van der Waals surface area contributed by atoms with Crippen LogP contribution in [0.5, 0.6) is 0 Å². The fourth-order valence-electron chi connectivity index (χ4n) is 1.36. The van der Waals surface area contributed by atoms with Crippen molar-refractivity contribution in [2.24, 2.45) is 0 Å². The van der Waals surface area contributed by atoms with E-state index in [1.807, 2.05) is 11.8 Å². The first-order valence-corrected chi connectivity index (χ1v) is 7.19. The molecule has 100 valence electrons. The van der Waals surface area contributed by atoms with E-state index in [1.54, 1.807) is 12.1 Å². The number of halogens is 1. The number of hydrogen-bond donors (Lipinski definition) is 2. The van der Waals surface area contributed by atoms with Gasteiger partial charge in [-0.05, 0) is 43.5 Å². The van der Waals surface area contributed by atoms with Crippen molar-refractivity contribution >= 4 is 23.4 Å². The minimum absolute atomic E-state index is 0.113. The Hall–Kier alpha value is -1.07. The summed E-state index contributed by atoms with van der Waals surface area (Å²) in [5, 5.41) is 6.38. The Morgan fingerprint density at radius 3 is 2.67 bits per heavy atom. The van der Waals surface area contributed by atoms with Gasteiger partial charge in [0.05, 0.1) is 6.54 Å². The molecule has 5 heteroatoms. The molecule has 0 heterocycles. The van der Waals surface area contributed by atoms with Crippen LogP contribution in [-0.2, 0) is 4.79 Å². The highest BCUT2D eigenvalue weighted by Crippen LogP contribution is 2.08. The maximum atomic E-state index is 12.7. The Morgan fingerprint density at radius 1 is 1.39 bits per heavy atom. The monoisotopic (exact) mass is 270 g/mol. The highest BCUT2D eigenvalue weighted by atomic mass is 32.2. The van der Waals surface area contributed by atoms with Gasteiger partial charge in [0.1, 0.15) is 5.82 Å². The first-order chi connectivity index (χ1) is 8.61. The summed E-state index contributed by atoms with van der Waals surface area (Å²) in [5.41, 5.74) is 0.612. The second-order valence-corrected chi connectivity index (χ2v) is 5.34. The molecule has 0 radical (unpaired) electrons. The summed E-state index contributed by atoms with van der Waals surface area (Å²) >= 11 is 1.81. The molecule has 0 aromatic heterocycles. The summed E-state index contributed by atoms with van der Waals surface area (Å²) in [6.07, 6.45) is 3.11. The molecule has 1 unspecified atom stereocenters. The van der Waals surface area contributed by atoms with Crippen molar-refractivity contribution in [2.75, 3.05) is 24.7 Å². The zero-order chi connectivity index (χ0) is 13.4. The van der Waals surface area contributed by atoms with E-state index in [9.17, 15) is 9.18 Å². The van der Waals surface area contributed by atoms with Crippen molar-refractivity contribution in [3.63, 3.8) is 0 Å². The van der Waals surface area contributed by atoms with E-state index >= 15 is 0 Å². The van der Waals surface area contributed by atoms with Crippen LogP contribution >= 0.6 is 11.8 Å². The molecule has 1 aromatic rings. The summed E-state index contributed by atoms with van der Waals surface area (Å²) in [6, 6.07) is 5.73. The number of thioether (sulfide) groups is 1. The Balaban J connectivity index is 2.19. The van der Waals surface area contributed by atoms with E-state index < -0.39 is 0 Å². The number of carbonyl (C=O) groups excluding carboxylic acids is 1. The van der Waals surface area contributed by atoms with Gasteiger partial charge in [0, 0.05) is 10.9 Å². The predicted octanol–water partition coefficient (Wildman–Crippen LogP) is 2.50. The first kappa shape index (κ1) is 15.0. The van der Waals surface area contributed by atoms with Gasteiger partial charge >= 0.3 is 0 Å². The molecule has 0 fully saturated rings. The molecular formula is C13H19FN2OS. The van der Waals surface area contributed by atoms with E-state index in [-0.39, 0.29) is 18.3 Å². The van der Waals surface area contributed by atoms with Gasteiger partial charge in [0.15, 0.2) is 0 Å². The summed E-state index contributed by atoms with van der Waals surface area (Å²) < 4.78 is 12.7. The van der Waals surface area contributed by atoms with Crippen LogP contribution in [0.1, 0.15) is 13.3 Å². The number of carbonyl (C=O) groups is 1. The molecule has 1 amide bonds. The normalized spacial score (nSPS) is 12.2. The smallest absolute Gasteiger partial charge is 0.238 e. The molecule has 1 rings (SSSR count). The topological polar surface area (TPSA) is 41.1 Å². The molecular weight excluding hydrogens is 251 g/mol. The zero-order valence-electron chi connectivity index (χ0n) is 10.7. The van der Waals surface area contributed by atoms with Crippen LogP contribution < -0.4 is 10.6 Å². The number of hydrogen-bond acceptors (Lipinski definition) is 3. The quantitative estimate of drug-likeness (QED) is 0.748. The van der Waals surface area contributed by atoms with Crippen molar-refractivity contribution < 1.29 is 9.18 Å². The van der Waals surface area contributed by atoms with Gasteiger partial charge < -0.3 is 10.6 Å². The van der Waals surface area contributed by atoms with Gasteiger partial charge in [-0.1, -0.05) is 6.92 Å². The van der Waals surface area contributed by atoms with Gasteiger partial charge in [-0.15, -0.1) is 0 Å². The number of rotatable bonds is 7. The molecule has 0 saturated carbocycles. The van der Waals surface area contributed by atoms with Crippen LogP contribution in [0, 0.1) is 5.82 Å². The van der Waals surface area contributed by atoms with Crippen molar-refractivity contribution in [3.8, 4) is 0 Å². The minimum Gasteiger partial charge on any atom is -0.325 e. The first-order valence-electron chi connectivity index (χ1n) is 5.90. The summed E-state index contributed by atoms with van der Waals surface area (Å²) in [7, 11) is 0. The summed E-state index contributed by atoms with van der Waals surface area (Å²) in [6.45, 7) is 3.25. The second-order valence-electron chi connectivity index (χ2n) is 4.07. The third-order valence-electron chi connectivity index (χ3n) is 2.54. The Labute approximate surface area is 112 Å². The van der Waals surface area contributed by atoms with Gasteiger partial charge in [0.25, 0.3) is 0 Å². The molecule has 0 aliphatic heterocycles. The second kappa shape index (κ2) is 8.11. The molecule has 18 heavy (non-hydrogen) atoms. The van der Waals surface area contributed by atoms with Gasteiger partial charge in [-0.3, -0.25) is 4.79 Å². The molecule has 1 aromatic carbocycles. The predicted molar refractivity (Wildman–Crippen MR) is 75.5 cm³/mol. The lowest BCUT2D eigenvalue weighted by Gasteiger charge is -2.09. The fraction of sp³-hybridized carbons (Fsp3) is 0.462. The Morgan fingerprint density at radius 2 is 2.06 bits per heavy atom. The molecule has 0 aliphatic carbocycles. The maximum absolute atomic E-state index is 12.7. The molecule has 1 atom stereocenters. The SMILES string of the molecule is CSC(C)CCNCC(=O)Nc1ccc(F)cc1. The lowest BCUT2D eigenvalue weighted by atomic mass is 10.3. The summed E-state index contributed by atoms with van der Waals surface area (Å²) in [4.78, 5) is 11.5. The van der Waals surface area contributed by atoms with Crippen molar-refractivity contribution in [1.82, 2.24) is 5.32 Å². The van der Waals surface area contributed by atoms with Gasteiger partial charge in [-0.2, -0.15) is 11.8 Å². The van der Waals surface area contributed by atoms with Gasteiger partial charge in [-0.25, -0.2) is 4.39 Å². The number of nitrogens with one attached hydrogen (secondary N) is 2.